The highest BCUT2D eigenvalue weighted by molar-refractivity contribution is 5.83. The molecule has 0 unspecified atom stereocenters. The number of nitrogens with two attached hydrogens (primary N) is 1. The Morgan fingerprint density at radius 2 is 1.64 bits per heavy atom. The third-order valence-corrected chi connectivity index (χ3v) is 4.77. The average Bonchev–Trinajstić information content (AvgIpc) is 2.92. The van der Waals surface area contributed by atoms with Gasteiger partial charge in [0.15, 0.2) is 0 Å². The molecule has 0 radical (unpaired) electrons. The standard InChI is InChI=1S/C21H19N/c1-14-17(11-15-7-3-2-4-8-15)13-19-18-10-6-5-9-16(18)12-20(19)21(14)22/h2-10,13H,11-12,22H2,1H3. The van der Waals surface area contributed by atoms with Gasteiger partial charge in [-0.1, -0.05) is 60.7 Å². The number of rotatable bonds is 2. The highest BCUT2D eigenvalue weighted by atomic mass is 14.6. The molecule has 1 aliphatic rings. The predicted molar refractivity (Wildman–Crippen MR) is 93.1 cm³/mol. The van der Waals surface area contributed by atoms with Crippen LogP contribution in [0.2, 0.25) is 0 Å². The van der Waals surface area contributed by atoms with Gasteiger partial charge in [0.2, 0.25) is 0 Å². The van der Waals surface area contributed by atoms with Crippen molar-refractivity contribution in [2.45, 2.75) is 19.8 Å². The molecule has 0 atom stereocenters. The molecule has 0 aliphatic heterocycles. The predicted octanol–water partition coefficient (Wildman–Crippen LogP) is 4.74. The molecule has 1 aliphatic carbocycles. The molecule has 3 aromatic carbocycles. The summed E-state index contributed by atoms with van der Waals surface area (Å²) in [6.45, 7) is 2.15. The van der Waals surface area contributed by atoms with E-state index in [9.17, 15) is 0 Å². The minimum absolute atomic E-state index is 0.937. The summed E-state index contributed by atoms with van der Waals surface area (Å²) in [5.41, 5.74) is 16.7. The van der Waals surface area contributed by atoms with Crippen LogP contribution in [0.4, 0.5) is 5.69 Å². The molecule has 0 amide bonds. The van der Waals surface area contributed by atoms with E-state index in [0.29, 0.717) is 0 Å². The fourth-order valence-corrected chi connectivity index (χ4v) is 3.47. The quantitative estimate of drug-likeness (QED) is 0.529. The van der Waals surface area contributed by atoms with Gasteiger partial charge in [-0.15, -0.1) is 0 Å². The van der Waals surface area contributed by atoms with Crippen molar-refractivity contribution >= 4 is 5.69 Å². The van der Waals surface area contributed by atoms with Crippen molar-refractivity contribution in [2.24, 2.45) is 0 Å². The Labute approximate surface area is 131 Å². The maximum absolute atomic E-state index is 6.47. The number of hydrogen-bond donors (Lipinski definition) is 1. The number of anilines is 1. The summed E-state index contributed by atoms with van der Waals surface area (Å²) in [7, 11) is 0. The minimum Gasteiger partial charge on any atom is -0.398 e. The number of benzene rings is 3. The van der Waals surface area contributed by atoms with Crippen LogP contribution in [-0.4, -0.2) is 0 Å². The molecule has 1 nitrogen and oxygen atoms in total. The Kier molecular flexibility index (Phi) is 3.00. The van der Waals surface area contributed by atoms with Crippen molar-refractivity contribution in [3.63, 3.8) is 0 Å². The zero-order valence-corrected chi connectivity index (χ0v) is 12.8. The highest BCUT2D eigenvalue weighted by Gasteiger charge is 2.22. The van der Waals surface area contributed by atoms with E-state index in [1.807, 2.05) is 0 Å². The molecule has 0 heterocycles. The summed E-state index contributed by atoms with van der Waals surface area (Å²) in [4.78, 5) is 0. The summed E-state index contributed by atoms with van der Waals surface area (Å²) < 4.78 is 0. The second-order valence-corrected chi connectivity index (χ2v) is 6.10. The fourth-order valence-electron chi connectivity index (χ4n) is 3.47. The third kappa shape index (κ3) is 2.01. The van der Waals surface area contributed by atoms with Crippen LogP contribution in [0.5, 0.6) is 0 Å². The molecule has 0 bridgehead atoms. The normalized spacial score (nSPS) is 12.0. The van der Waals surface area contributed by atoms with Gasteiger partial charge < -0.3 is 5.73 Å². The van der Waals surface area contributed by atoms with Gasteiger partial charge in [0.1, 0.15) is 0 Å². The molecule has 0 saturated heterocycles. The Morgan fingerprint density at radius 3 is 2.45 bits per heavy atom. The van der Waals surface area contributed by atoms with E-state index >= 15 is 0 Å². The maximum atomic E-state index is 6.47. The third-order valence-electron chi connectivity index (χ3n) is 4.77. The number of nitrogen functional groups attached to an aromatic ring is 1. The van der Waals surface area contributed by atoms with E-state index in [4.69, 9.17) is 5.73 Å². The van der Waals surface area contributed by atoms with E-state index in [1.165, 1.54) is 38.9 Å². The van der Waals surface area contributed by atoms with Crippen LogP contribution in [0.1, 0.15) is 27.8 Å². The zero-order chi connectivity index (χ0) is 15.1. The van der Waals surface area contributed by atoms with Crippen molar-refractivity contribution < 1.29 is 0 Å². The molecule has 0 spiro atoms. The van der Waals surface area contributed by atoms with Crippen molar-refractivity contribution in [1.82, 2.24) is 0 Å². The summed E-state index contributed by atoms with van der Waals surface area (Å²) >= 11 is 0. The Balaban J connectivity index is 1.84. The van der Waals surface area contributed by atoms with Gasteiger partial charge in [0.25, 0.3) is 0 Å². The zero-order valence-electron chi connectivity index (χ0n) is 12.8. The lowest BCUT2D eigenvalue weighted by Crippen LogP contribution is -2.01. The first-order valence-electron chi connectivity index (χ1n) is 7.77. The monoisotopic (exact) mass is 285 g/mol. The van der Waals surface area contributed by atoms with Gasteiger partial charge in [0.05, 0.1) is 0 Å². The summed E-state index contributed by atoms with van der Waals surface area (Å²) in [6.07, 6.45) is 1.90. The first-order chi connectivity index (χ1) is 10.7. The molecule has 1 heteroatoms. The minimum atomic E-state index is 0.937. The number of hydrogen-bond acceptors (Lipinski definition) is 1. The molecule has 108 valence electrons. The van der Waals surface area contributed by atoms with Crippen LogP contribution in [0.15, 0.2) is 60.7 Å². The molecule has 4 rings (SSSR count). The van der Waals surface area contributed by atoms with Crippen LogP contribution in [0, 0.1) is 6.92 Å². The first-order valence-corrected chi connectivity index (χ1v) is 7.77. The van der Waals surface area contributed by atoms with Gasteiger partial charge in [-0.2, -0.15) is 0 Å². The Bertz CT molecular complexity index is 847. The molecule has 0 saturated carbocycles. The van der Waals surface area contributed by atoms with E-state index < -0.39 is 0 Å². The van der Waals surface area contributed by atoms with Crippen LogP contribution < -0.4 is 5.73 Å². The lowest BCUT2D eigenvalue weighted by Gasteiger charge is -2.14. The van der Waals surface area contributed by atoms with E-state index in [-0.39, 0.29) is 0 Å². The van der Waals surface area contributed by atoms with Gasteiger partial charge in [-0.05, 0) is 52.3 Å². The lowest BCUT2D eigenvalue weighted by molar-refractivity contribution is 1.15. The summed E-state index contributed by atoms with van der Waals surface area (Å²) in [5.74, 6) is 0. The first kappa shape index (κ1) is 13.1. The van der Waals surface area contributed by atoms with Crippen LogP contribution in [0.3, 0.4) is 0 Å². The maximum Gasteiger partial charge on any atom is 0.0388 e. The van der Waals surface area contributed by atoms with Crippen LogP contribution in [-0.2, 0) is 12.8 Å². The van der Waals surface area contributed by atoms with Crippen LogP contribution >= 0.6 is 0 Å². The number of fused-ring (bicyclic) bond motifs is 3. The Hall–Kier alpha value is -2.54. The molecular weight excluding hydrogens is 266 g/mol. The Morgan fingerprint density at radius 1 is 0.909 bits per heavy atom. The molecule has 3 aromatic rings. The van der Waals surface area contributed by atoms with Gasteiger partial charge in [-0.25, -0.2) is 0 Å². The van der Waals surface area contributed by atoms with Gasteiger partial charge >= 0.3 is 0 Å². The summed E-state index contributed by atoms with van der Waals surface area (Å²) in [5, 5.41) is 0. The highest BCUT2D eigenvalue weighted by Crippen LogP contribution is 2.42. The average molecular weight is 285 g/mol. The lowest BCUT2D eigenvalue weighted by atomic mass is 9.93. The summed E-state index contributed by atoms with van der Waals surface area (Å²) in [6, 6.07) is 21.6. The second-order valence-electron chi connectivity index (χ2n) is 6.10. The van der Waals surface area contributed by atoms with Gasteiger partial charge in [-0.3, -0.25) is 0 Å². The molecule has 2 N–H and O–H groups in total. The van der Waals surface area contributed by atoms with Crippen LogP contribution in [0.25, 0.3) is 11.1 Å². The van der Waals surface area contributed by atoms with E-state index in [2.05, 4.69) is 67.6 Å². The largest absolute Gasteiger partial charge is 0.398 e. The van der Waals surface area contributed by atoms with Crippen molar-refractivity contribution in [3.05, 3.63) is 88.5 Å². The molecule has 0 fully saturated rings. The molecule has 22 heavy (non-hydrogen) atoms. The fraction of sp³-hybridized carbons (Fsp3) is 0.143. The van der Waals surface area contributed by atoms with Crippen molar-refractivity contribution in [1.29, 1.82) is 0 Å². The molecular formula is C21H19N. The van der Waals surface area contributed by atoms with Crippen molar-refractivity contribution in [2.75, 3.05) is 5.73 Å². The SMILES string of the molecule is Cc1c(Cc2ccccc2)cc2c(c1N)Cc1ccccc1-2. The smallest absolute Gasteiger partial charge is 0.0388 e. The molecule has 0 aromatic heterocycles. The topological polar surface area (TPSA) is 26.0 Å². The van der Waals surface area contributed by atoms with E-state index in [1.54, 1.807) is 0 Å². The second kappa shape index (κ2) is 5.03. The van der Waals surface area contributed by atoms with E-state index in [0.717, 1.165) is 18.5 Å². The van der Waals surface area contributed by atoms with Crippen molar-refractivity contribution in [3.8, 4) is 11.1 Å². The van der Waals surface area contributed by atoms with Gasteiger partial charge in [0, 0.05) is 12.1 Å².